The van der Waals surface area contributed by atoms with Crippen LogP contribution in [-0.2, 0) is 0 Å². The fourth-order valence-electron chi connectivity index (χ4n) is 1.35. The highest BCUT2D eigenvalue weighted by Crippen LogP contribution is 2.22. The SMILES string of the molecule is C#CCCNC(=O)Nc1cc(OC)ccc1C(=O)O. The highest BCUT2D eigenvalue weighted by molar-refractivity contribution is 6.00. The van der Waals surface area contributed by atoms with E-state index in [0.29, 0.717) is 18.7 Å². The van der Waals surface area contributed by atoms with Crippen LogP contribution in [0.15, 0.2) is 18.2 Å². The molecule has 19 heavy (non-hydrogen) atoms. The lowest BCUT2D eigenvalue weighted by Gasteiger charge is -2.10. The maximum absolute atomic E-state index is 11.5. The van der Waals surface area contributed by atoms with Gasteiger partial charge >= 0.3 is 12.0 Å². The van der Waals surface area contributed by atoms with Crippen LogP contribution in [-0.4, -0.2) is 30.8 Å². The average molecular weight is 262 g/mol. The summed E-state index contributed by atoms with van der Waals surface area (Å²) in [6.45, 7) is 0.314. The molecule has 3 N–H and O–H groups in total. The van der Waals surface area contributed by atoms with E-state index in [1.807, 2.05) is 0 Å². The van der Waals surface area contributed by atoms with E-state index in [9.17, 15) is 9.59 Å². The smallest absolute Gasteiger partial charge is 0.337 e. The van der Waals surface area contributed by atoms with Gasteiger partial charge in [-0.15, -0.1) is 12.3 Å². The second kappa shape index (κ2) is 6.91. The van der Waals surface area contributed by atoms with Gasteiger partial charge in [-0.25, -0.2) is 9.59 Å². The van der Waals surface area contributed by atoms with Crippen LogP contribution in [0.5, 0.6) is 5.75 Å². The Kier molecular flexibility index (Phi) is 5.23. The third-order valence-corrected chi connectivity index (χ3v) is 2.26. The number of ether oxygens (including phenoxy) is 1. The molecule has 0 heterocycles. The third kappa shape index (κ3) is 4.24. The predicted octanol–water partition coefficient (Wildman–Crippen LogP) is 1.54. The summed E-state index contributed by atoms with van der Waals surface area (Å²) in [5.74, 6) is 1.69. The van der Waals surface area contributed by atoms with Crippen molar-refractivity contribution in [3.8, 4) is 18.1 Å². The Hall–Kier alpha value is -2.68. The zero-order valence-corrected chi connectivity index (χ0v) is 10.4. The lowest BCUT2D eigenvalue weighted by molar-refractivity contribution is 0.0698. The van der Waals surface area contributed by atoms with Crippen LogP contribution in [0.4, 0.5) is 10.5 Å². The van der Waals surface area contributed by atoms with E-state index in [1.165, 1.54) is 25.3 Å². The maximum Gasteiger partial charge on any atom is 0.337 e. The summed E-state index contributed by atoms with van der Waals surface area (Å²) in [4.78, 5) is 22.6. The first kappa shape index (κ1) is 14.4. The van der Waals surface area contributed by atoms with Crippen molar-refractivity contribution in [3.63, 3.8) is 0 Å². The van der Waals surface area contributed by atoms with Crippen molar-refractivity contribution in [2.75, 3.05) is 19.0 Å². The molecule has 0 aromatic heterocycles. The Morgan fingerprint density at radius 1 is 1.47 bits per heavy atom. The number of carbonyl (C=O) groups excluding carboxylic acids is 1. The molecule has 0 fully saturated rings. The minimum atomic E-state index is -1.14. The maximum atomic E-state index is 11.5. The molecule has 1 aromatic rings. The van der Waals surface area contributed by atoms with Crippen molar-refractivity contribution < 1.29 is 19.4 Å². The highest BCUT2D eigenvalue weighted by Gasteiger charge is 2.13. The number of hydrogen-bond donors (Lipinski definition) is 3. The molecule has 2 amide bonds. The molecule has 0 aliphatic rings. The number of aromatic carboxylic acids is 1. The first-order valence-electron chi connectivity index (χ1n) is 5.48. The summed E-state index contributed by atoms with van der Waals surface area (Å²) in [7, 11) is 1.45. The topological polar surface area (TPSA) is 87.7 Å². The number of carboxylic acids is 1. The van der Waals surface area contributed by atoms with Gasteiger partial charge in [0.25, 0.3) is 0 Å². The van der Waals surface area contributed by atoms with Gasteiger partial charge in [-0.05, 0) is 12.1 Å². The predicted molar refractivity (Wildman–Crippen MR) is 70.4 cm³/mol. The fourth-order valence-corrected chi connectivity index (χ4v) is 1.35. The highest BCUT2D eigenvalue weighted by atomic mass is 16.5. The molecule has 1 rings (SSSR count). The number of carboxylic acid groups (broad SMARTS) is 1. The number of anilines is 1. The number of benzene rings is 1. The quantitative estimate of drug-likeness (QED) is 0.555. The Balaban J connectivity index is 2.83. The van der Waals surface area contributed by atoms with E-state index in [-0.39, 0.29) is 11.3 Å². The third-order valence-electron chi connectivity index (χ3n) is 2.26. The minimum absolute atomic E-state index is 0.0205. The molecule has 6 nitrogen and oxygen atoms in total. The van der Waals surface area contributed by atoms with Gasteiger partial charge in [0.05, 0.1) is 18.4 Å². The molecule has 0 saturated heterocycles. The van der Waals surface area contributed by atoms with Crippen molar-refractivity contribution in [3.05, 3.63) is 23.8 Å². The van der Waals surface area contributed by atoms with Gasteiger partial charge in [-0.3, -0.25) is 0 Å². The summed E-state index contributed by atoms with van der Waals surface area (Å²) in [6.07, 6.45) is 5.45. The second-order valence-corrected chi connectivity index (χ2v) is 3.55. The van der Waals surface area contributed by atoms with Crippen LogP contribution in [0.3, 0.4) is 0 Å². The first-order chi connectivity index (χ1) is 9.08. The summed E-state index contributed by atoms with van der Waals surface area (Å²) in [6, 6.07) is 3.78. The van der Waals surface area contributed by atoms with Gasteiger partial charge in [-0.1, -0.05) is 0 Å². The number of hydrogen-bond acceptors (Lipinski definition) is 3. The Bertz CT molecular complexity index is 520. The van der Waals surface area contributed by atoms with Crippen LogP contribution in [0, 0.1) is 12.3 Å². The standard InChI is InChI=1S/C13H14N2O4/c1-3-4-7-14-13(18)15-11-8-9(19-2)5-6-10(11)12(16)17/h1,5-6,8H,4,7H2,2H3,(H,16,17)(H2,14,15,18). The molecule has 1 aromatic carbocycles. The molecule has 0 aliphatic carbocycles. The van der Waals surface area contributed by atoms with E-state index in [4.69, 9.17) is 16.3 Å². The Morgan fingerprint density at radius 3 is 2.79 bits per heavy atom. The molecule has 0 saturated carbocycles. The summed E-state index contributed by atoms with van der Waals surface area (Å²) in [5.41, 5.74) is 0.137. The van der Waals surface area contributed by atoms with E-state index >= 15 is 0 Å². The van der Waals surface area contributed by atoms with Crippen LogP contribution < -0.4 is 15.4 Å². The van der Waals surface area contributed by atoms with Crippen molar-refractivity contribution >= 4 is 17.7 Å². The van der Waals surface area contributed by atoms with Gasteiger partial charge in [-0.2, -0.15) is 0 Å². The number of urea groups is 1. The zero-order chi connectivity index (χ0) is 14.3. The lowest BCUT2D eigenvalue weighted by Crippen LogP contribution is -2.30. The van der Waals surface area contributed by atoms with Crippen LogP contribution in [0.1, 0.15) is 16.8 Å². The largest absolute Gasteiger partial charge is 0.497 e. The van der Waals surface area contributed by atoms with Crippen LogP contribution in [0.2, 0.25) is 0 Å². The van der Waals surface area contributed by atoms with Gasteiger partial charge in [0.1, 0.15) is 5.75 Å². The molecule has 0 unspecified atom stereocenters. The van der Waals surface area contributed by atoms with Crippen molar-refractivity contribution in [1.82, 2.24) is 5.32 Å². The number of carbonyl (C=O) groups is 2. The first-order valence-corrected chi connectivity index (χ1v) is 5.48. The molecule has 6 heteroatoms. The number of nitrogens with one attached hydrogen (secondary N) is 2. The average Bonchev–Trinajstić information content (AvgIpc) is 2.38. The molecule has 100 valence electrons. The lowest BCUT2D eigenvalue weighted by atomic mass is 10.1. The van der Waals surface area contributed by atoms with Crippen LogP contribution >= 0.6 is 0 Å². The van der Waals surface area contributed by atoms with Crippen molar-refractivity contribution in [2.24, 2.45) is 0 Å². The van der Waals surface area contributed by atoms with E-state index in [1.54, 1.807) is 0 Å². The number of methoxy groups -OCH3 is 1. The van der Waals surface area contributed by atoms with Gasteiger partial charge in [0, 0.05) is 19.0 Å². The van der Waals surface area contributed by atoms with E-state index in [2.05, 4.69) is 16.6 Å². The summed E-state index contributed by atoms with van der Waals surface area (Å²) in [5, 5.41) is 14.0. The van der Waals surface area contributed by atoms with Gasteiger partial charge in [0.2, 0.25) is 0 Å². The fraction of sp³-hybridized carbons (Fsp3) is 0.231. The van der Waals surface area contributed by atoms with Crippen LogP contribution in [0.25, 0.3) is 0 Å². The van der Waals surface area contributed by atoms with E-state index in [0.717, 1.165) is 0 Å². The summed E-state index contributed by atoms with van der Waals surface area (Å²) < 4.78 is 4.98. The molecular formula is C13H14N2O4. The minimum Gasteiger partial charge on any atom is -0.497 e. The van der Waals surface area contributed by atoms with Crippen molar-refractivity contribution in [1.29, 1.82) is 0 Å². The number of terminal acetylenes is 1. The van der Waals surface area contributed by atoms with Gasteiger partial charge < -0.3 is 20.5 Å². The number of amides is 2. The molecule has 0 spiro atoms. The van der Waals surface area contributed by atoms with Gasteiger partial charge in [0.15, 0.2) is 0 Å². The Morgan fingerprint density at radius 2 is 2.21 bits per heavy atom. The summed E-state index contributed by atoms with van der Waals surface area (Å²) >= 11 is 0. The van der Waals surface area contributed by atoms with E-state index < -0.39 is 12.0 Å². The molecule has 0 aliphatic heterocycles. The molecule has 0 radical (unpaired) electrons. The monoisotopic (exact) mass is 262 g/mol. The normalized spacial score (nSPS) is 9.26. The molecule has 0 atom stereocenters. The Labute approximate surface area is 110 Å². The zero-order valence-electron chi connectivity index (χ0n) is 10.4. The molecular weight excluding hydrogens is 248 g/mol. The number of rotatable bonds is 5. The molecule has 0 bridgehead atoms. The second-order valence-electron chi connectivity index (χ2n) is 3.55. The van der Waals surface area contributed by atoms with Crippen molar-refractivity contribution in [2.45, 2.75) is 6.42 Å².